The van der Waals surface area contributed by atoms with Crippen LogP contribution in [0.5, 0.6) is 5.75 Å². The molecule has 1 unspecified atom stereocenters. The number of aliphatic imine (C=N–C) groups is 1. The summed E-state index contributed by atoms with van der Waals surface area (Å²) in [4.78, 5) is 50.1. The van der Waals surface area contributed by atoms with Crippen LogP contribution >= 0.6 is 15.9 Å². The third-order valence-corrected chi connectivity index (χ3v) is 7.98. The Labute approximate surface area is 237 Å². The molecule has 1 fully saturated rings. The Morgan fingerprint density at radius 1 is 1.28 bits per heavy atom. The van der Waals surface area contributed by atoms with Gasteiger partial charge in [-0.1, -0.05) is 19.1 Å². The highest BCUT2D eigenvalue weighted by Crippen LogP contribution is 2.36. The van der Waals surface area contributed by atoms with E-state index in [0.29, 0.717) is 36.8 Å². The van der Waals surface area contributed by atoms with Crippen molar-refractivity contribution >= 4 is 51.1 Å². The van der Waals surface area contributed by atoms with Crippen molar-refractivity contribution in [3.8, 4) is 5.75 Å². The van der Waals surface area contributed by atoms with Gasteiger partial charge in [-0.25, -0.2) is 4.99 Å². The van der Waals surface area contributed by atoms with Gasteiger partial charge < -0.3 is 9.47 Å². The first-order chi connectivity index (χ1) is 18.8. The normalized spacial score (nSPS) is 20.5. The minimum atomic E-state index is -0.433. The molecule has 0 radical (unpaired) electrons. The molecule has 0 bridgehead atoms. The summed E-state index contributed by atoms with van der Waals surface area (Å²) >= 11 is 3.55. The number of esters is 1. The first kappa shape index (κ1) is 28.7. The molecule has 2 aromatic rings. The van der Waals surface area contributed by atoms with Gasteiger partial charge in [0.1, 0.15) is 18.1 Å². The SMILES string of the molecule is C=C[C@@H]1CCC/C1=N\c1nc2c(n1Cc1ccc(OC)c(Br)c1)C(=O)CCC(CC)C(=O)N2CCOC(C)=O. The van der Waals surface area contributed by atoms with Crippen LogP contribution in [-0.4, -0.2) is 53.2 Å². The largest absolute Gasteiger partial charge is 0.496 e. The van der Waals surface area contributed by atoms with Crippen LogP contribution in [0.25, 0.3) is 0 Å². The van der Waals surface area contributed by atoms with Crippen molar-refractivity contribution in [3.63, 3.8) is 0 Å². The van der Waals surface area contributed by atoms with E-state index in [2.05, 4.69) is 22.5 Å². The second-order valence-electron chi connectivity index (χ2n) is 9.87. The van der Waals surface area contributed by atoms with Gasteiger partial charge in [0, 0.05) is 30.9 Å². The van der Waals surface area contributed by atoms with E-state index in [-0.39, 0.29) is 48.9 Å². The maximum absolute atomic E-state index is 13.7. The number of allylic oxidation sites excluding steroid dienone is 1. The summed E-state index contributed by atoms with van der Waals surface area (Å²) in [5.41, 5.74) is 2.23. The zero-order valence-corrected chi connectivity index (χ0v) is 24.3. The van der Waals surface area contributed by atoms with Crippen molar-refractivity contribution < 1.29 is 23.9 Å². The van der Waals surface area contributed by atoms with E-state index in [4.69, 9.17) is 19.5 Å². The average Bonchev–Trinajstić information content (AvgIpc) is 3.50. The summed E-state index contributed by atoms with van der Waals surface area (Å²) in [6.07, 6.45) is 5.98. The summed E-state index contributed by atoms with van der Waals surface area (Å²) in [5, 5.41) is 0. The van der Waals surface area contributed by atoms with Gasteiger partial charge in [0.15, 0.2) is 11.6 Å². The summed E-state index contributed by atoms with van der Waals surface area (Å²) in [5.74, 6) is 0.526. The van der Waals surface area contributed by atoms with Crippen LogP contribution in [0.15, 0.2) is 40.3 Å². The van der Waals surface area contributed by atoms with Crippen molar-refractivity contribution in [1.82, 2.24) is 9.55 Å². The number of carbonyl (C=O) groups is 3. The lowest BCUT2D eigenvalue weighted by Gasteiger charge is -2.28. The summed E-state index contributed by atoms with van der Waals surface area (Å²) in [6.45, 7) is 7.66. The Bertz CT molecular complexity index is 1300. The molecule has 1 amide bonds. The van der Waals surface area contributed by atoms with E-state index in [0.717, 1.165) is 35.0 Å². The zero-order valence-electron chi connectivity index (χ0n) is 22.7. The van der Waals surface area contributed by atoms with Crippen LogP contribution in [0.2, 0.25) is 0 Å². The highest BCUT2D eigenvalue weighted by molar-refractivity contribution is 9.10. The van der Waals surface area contributed by atoms with E-state index in [9.17, 15) is 14.4 Å². The molecule has 4 rings (SSSR count). The van der Waals surface area contributed by atoms with E-state index in [1.165, 1.54) is 11.8 Å². The molecule has 1 saturated carbocycles. The number of carbonyl (C=O) groups excluding carboxylic acids is 3. The van der Waals surface area contributed by atoms with Crippen LogP contribution in [-0.2, 0) is 20.9 Å². The average molecular weight is 600 g/mol. The Morgan fingerprint density at radius 2 is 2.08 bits per heavy atom. The number of amides is 1. The molecule has 2 heterocycles. The summed E-state index contributed by atoms with van der Waals surface area (Å²) < 4.78 is 13.2. The van der Waals surface area contributed by atoms with Crippen molar-refractivity contribution in [3.05, 3.63) is 46.6 Å². The number of halogens is 1. The van der Waals surface area contributed by atoms with Crippen molar-refractivity contribution in [2.75, 3.05) is 25.2 Å². The molecule has 9 nitrogen and oxygen atoms in total. The predicted molar refractivity (Wildman–Crippen MR) is 153 cm³/mol. The number of fused-ring (bicyclic) bond motifs is 1. The quantitative estimate of drug-likeness (QED) is 0.272. The fraction of sp³-hybridized carbons (Fsp3) is 0.483. The molecule has 0 saturated heterocycles. The molecule has 1 aromatic carbocycles. The van der Waals surface area contributed by atoms with Crippen molar-refractivity contribution in [1.29, 1.82) is 0 Å². The standard InChI is InChI=1S/C29H35BrN4O5/c1-5-20-8-7-9-23(20)31-29-32-27-26(34(29)17-19-10-13-25(38-4)22(30)16-19)24(36)12-11-21(6-2)28(37)33(27)14-15-39-18(3)35/h5,10,13,16,20-21H,1,6-9,11-12,14-15,17H2,2-4H3/b31-23+/t20-,21?/m1/s1. The number of methoxy groups -OCH3 is 1. The van der Waals surface area contributed by atoms with Gasteiger partial charge in [-0.3, -0.25) is 23.9 Å². The number of nitrogens with zero attached hydrogens (tertiary/aromatic N) is 4. The minimum absolute atomic E-state index is 0.00577. The van der Waals surface area contributed by atoms with Gasteiger partial charge in [0.2, 0.25) is 11.9 Å². The Hall–Kier alpha value is -3.27. The first-order valence-corrected chi connectivity index (χ1v) is 14.2. The van der Waals surface area contributed by atoms with E-state index in [1.807, 2.05) is 35.8 Å². The number of hydrogen-bond donors (Lipinski definition) is 0. The van der Waals surface area contributed by atoms with Crippen LogP contribution in [0.3, 0.4) is 0 Å². The van der Waals surface area contributed by atoms with Gasteiger partial charge >= 0.3 is 5.97 Å². The number of hydrogen-bond acceptors (Lipinski definition) is 7. The van der Waals surface area contributed by atoms with Gasteiger partial charge in [0.05, 0.1) is 24.7 Å². The molecular formula is C29H35BrN4O5. The third-order valence-electron chi connectivity index (χ3n) is 7.36. The lowest BCUT2D eigenvalue weighted by atomic mass is 9.94. The van der Waals surface area contributed by atoms with Gasteiger partial charge in [-0.2, -0.15) is 4.98 Å². The number of rotatable bonds is 9. The monoisotopic (exact) mass is 598 g/mol. The van der Waals surface area contributed by atoms with Gasteiger partial charge in [0.25, 0.3) is 0 Å². The smallest absolute Gasteiger partial charge is 0.302 e. The number of ether oxygens (including phenoxy) is 2. The molecule has 2 atom stereocenters. The number of benzene rings is 1. The van der Waals surface area contributed by atoms with Crippen molar-refractivity contribution in [2.45, 2.75) is 58.9 Å². The number of Topliss-reactive ketones (excluding diaryl/α,β-unsaturated/α-hetero) is 1. The van der Waals surface area contributed by atoms with Gasteiger partial charge in [-0.05, 0) is 65.7 Å². The number of anilines is 1. The fourth-order valence-corrected chi connectivity index (χ4v) is 5.83. The Kier molecular flexibility index (Phi) is 9.37. The molecule has 1 aliphatic carbocycles. The topological polar surface area (TPSA) is 103 Å². The lowest BCUT2D eigenvalue weighted by molar-refractivity contribution is -0.141. The Morgan fingerprint density at radius 3 is 2.74 bits per heavy atom. The van der Waals surface area contributed by atoms with Crippen LogP contribution < -0.4 is 9.64 Å². The molecule has 1 aliphatic heterocycles. The molecule has 39 heavy (non-hydrogen) atoms. The van der Waals surface area contributed by atoms with E-state index >= 15 is 0 Å². The molecule has 0 N–H and O–H groups in total. The highest BCUT2D eigenvalue weighted by Gasteiger charge is 2.36. The molecule has 2 aliphatic rings. The molecule has 208 valence electrons. The van der Waals surface area contributed by atoms with E-state index < -0.39 is 5.97 Å². The minimum Gasteiger partial charge on any atom is -0.496 e. The molecule has 10 heteroatoms. The third kappa shape index (κ3) is 6.32. The first-order valence-electron chi connectivity index (χ1n) is 13.4. The molecule has 1 aromatic heterocycles. The second-order valence-corrected chi connectivity index (χ2v) is 10.7. The van der Waals surface area contributed by atoms with Crippen molar-refractivity contribution in [2.24, 2.45) is 16.8 Å². The van der Waals surface area contributed by atoms with Crippen LogP contribution in [0.4, 0.5) is 11.8 Å². The second kappa shape index (κ2) is 12.7. The highest BCUT2D eigenvalue weighted by atomic mass is 79.9. The lowest BCUT2D eigenvalue weighted by Crippen LogP contribution is -2.41. The number of ketones is 1. The van der Waals surface area contributed by atoms with Gasteiger partial charge in [-0.15, -0.1) is 6.58 Å². The summed E-state index contributed by atoms with van der Waals surface area (Å²) in [7, 11) is 1.61. The maximum Gasteiger partial charge on any atom is 0.302 e. The van der Waals surface area contributed by atoms with E-state index in [1.54, 1.807) is 7.11 Å². The predicted octanol–water partition coefficient (Wildman–Crippen LogP) is 5.66. The number of imidazole rings is 1. The Balaban J connectivity index is 1.88. The summed E-state index contributed by atoms with van der Waals surface area (Å²) in [6, 6.07) is 5.73. The zero-order chi connectivity index (χ0) is 28.1. The number of aromatic nitrogens is 2. The molecular weight excluding hydrogens is 564 g/mol. The molecule has 0 spiro atoms. The van der Waals surface area contributed by atoms with Crippen LogP contribution in [0.1, 0.15) is 68.4 Å². The maximum atomic E-state index is 13.7. The fourth-order valence-electron chi connectivity index (χ4n) is 5.24. The van der Waals surface area contributed by atoms with Crippen LogP contribution in [0, 0.1) is 11.8 Å².